The Hall–Kier alpha value is -1.97. The van der Waals surface area contributed by atoms with E-state index in [4.69, 9.17) is 4.74 Å². The molecular formula is C15H13F3O. The molecule has 0 fully saturated rings. The molecule has 2 aromatic carbocycles. The Morgan fingerprint density at radius 3 is 2.16 bits per heavy atom. The standard InChI is InChI=1S/C15H13F3O/c1-10-6-5-9-13(11(10)2)19-14-8-4-3-7-12(14)15(16,17)18/h3-9H,1-2H3. The summed E-state index contributed by atoms with van der Waals surface area (Å²) in [7, 11) is 0. The molecule has 2 rings (SSSR count). The van der Waals surface area contributed by atoms with Crippen molar-refractivity contribution in [3.8, 4) is 11.5 Å². The first-order chi connectivity index (χ1) is 8.89. The van der Waals surface area contributed by atoms with Crippen molar-refractivity contribution in [2.24, 2.45) is 0 Å². The lowest BCUT2D eigenvalue weighted by Gasteiger charge is -2.15. The minimum Gasteiger partial charge on any atom is -0.456 e. The molecule has 0 bridgehead atoms. The van der Waals surface area contributed by atoms with Crippen LogP contribution in [0.1, 0.15) is 16.7 Å². The smallest absolute Gasteiger partial charge is 0.419 e. The molecule has 0 spiro atoms. The molecule has 100 valence electrons. The van der Waals surface area contributed by atoms with Crippen LogP contribution in [-0.4, -0.2) is 0 Å². The number of hydrogen-bond donors (Lipinski definition) is 0. The highest BCUT2D eigenvalue weighted by atomic mass is 19.4. The molecule has 0 unspecified atom stereocenters. The third-order valence-electron chi connectivity index (χ3n) is 2.97. The fourth-order valence-electron chi connectivity index (χ4n) is 1.74. The van der Waals surface area contributed by atoms with Crippen LogP contribution in [0.3, 0.4) is 0 Å². The third kappa shape index (κ3) is 2.89. The molecule has 0 aliphatic carbocycles. The van der Waals surface area contributed by atoms with Crippen LogP contribution in [0, 0.1) is 13.8 Å². The summed E-state index contributed by atoms with van der Waals surface area (Å²) < 4.78 is 44.0. The first kappa shape index (κ1) is 13.5. The molecule has 0 N–H and O–H groups in total. The summed E-state index contributed by atoms with van der Waals surface area (Å²) in [5, 5.41) is 0. The number of para-hydroxylation sites is 1. The van der Waals surface area contributed by atoms with Gasteiger partial charge in [-0.15, -0.1) is 0 Å². The SMILES string of the molecule is Cc1cccc(Oc2ccccc2C(F)(F)F)c1C. The molecule has 0 heterocycles. The van der Waals surface area contributed by atoms with Crippen LogP contribution in [0.4, 0.5) is 13.2 Å². The van der Waals surface area contributed by atoms with E-state index in [0.717, 1.165) is 17.2 Å². The van der Waals surface area contributed by atoms with Crippen molar-refractivity contribution in [3.63, 3.8) is 0 Å². The Balaban J connectivity index is 2.42. The zero-order valence-corrected chi connectivity index (χ0v) is 10.6. The lowest BCUT2D eigenvalue weighted by atomic mass is 10.1. The molecule has 4 heteroatoms. The summed E-state index contributed by atoms with van der Waals surface area (Å²) >= 11 is 0. The highest BCUT2D eigenvalue weighted by molar-refractivity contribution is 5.44. The minimum absolute atomic E-state index is 0.177. The van der Waals surface area contributed by atoms with Crippen molar-refractivity contribution >= 4 is 0 Å². The van der Waals surface area contributed by atoms with Gasteiger partial charge in [-0.25, -0.2) is 0 Å². The Labute approximate surface area is 109 Å². The van der Waals surface area contributed by atoms with E-state index in [-0.39, 0.29) is 5.75 Å². The van der Waals surface area contributed by atoms with Crippen molar-refractivity contribution < 1.29 is 17.9 Å². The van der Waals surface area contributed by atoms with E-state index in [1.54, 1.807) is 12.1 Å². The molecule has 0 saturated carbocycles. The van der Waals surface area contributed by atoms with E-state index < -0.39 is 11.7 Å². The second-order valence-electron chi connectivity index (χ2n) is 4.29. The van der Waals surface area contributed by atoms with E-state index in [9.17, 15) is 13.2 Å². The van der Waals surface area contributed by atoms with Gasteiger partial charge in [0.15, 0.2) is 0 Å². The van der Waals surface area contributed by atoms with E-state index in [1.807, 2.05) is 19.9 Å². The average molecular weight is 266 g/mol. The topological polar surface area (TPSA) is 9.23 Å². The van der Waals surface area contributed by atoms with Gasteiger partial charge in [0.05, 0.1) is 5.56 Å². The molecule has 0 aliphatic heterocycles. The van der Waals surface area contributed by atoms with Crippen molar-refractivity contribution in [2.45, 2.75) is 20.0 Å². The Morgan fingerprint density at radius 1 is 0.842 bits per heavy atom. The van der Waals surface area contributed by atoms with Crippen molar-refractivity contribution in [3.05, 3.63) is 59.2 Å². The van der Waals surface area contributed by atoms with Crippen LogP contribution >= 0.6 is 0 Å². The maximum absolute atomic E-state index is 12.9. The summed E-state index contributed by atoms with van der Waals surface area (Å²) in [5.74, 6) is 0.264. The first-order valence-corrected chi connectivity index (χ1v) is 5.80. The minimum atomic E-state index is -4.42. The van der Waals surface area contributed by atoms with Crippen LogP contribution in [0.25, 0.3) is 0 Å². The van der Waals surface area contributed by atoms with Gasteiger partial charge in [-0.3, -0.25) is 0 Å². The van der Waals surface area contributed by atoms with Crippen LogP contribution in [0.15, 0.2) is 42.5 Å². The monoisotopic (exact) mass is 266 g/mol. The average Bonchev–Trinajstić information content (AvgIpc) is 2.34. The number of benzene rings is 2. The van der Waals surface area contributed by atoms with Crippen molar-refractivity contribution in [1.29, 1.82) is 0 Å². The van der Waals surface area contributed by atoms with Gasteiger partial charge in [-0.2, -0.15) is 13.2 Å². The molecule has 0 saturated heterocycles. The van der Waals surface area contributed by atoms with Gasteiger partial charge in [-0.1, -0.05) is 24.3 Å². The summed E-state index contributed by atoms with van der Waals surface area (Å²) in [5.41, 5.74) is 1.04. The number of halogens is 3. The van der Waals surface area contributed by atoms with Gasteiger partial charge < -0.3 is 4.74 Å². The number of aryl methyl sites for hydroxylation is 1. The predicted octanol–water partition coefficient (Wildman–Crippen LogP) is 5.11. The summed E-state index contributed by atoms with van der Waals surface area (Å²) in [6.45, 7) is 3.71. The highest BCUT2D eigenvalue weighted by Gasteiger charge is 2.34. The summed E-state index contributed by atoms with van der Waals surface area (Å²) in [6, 6.07) is 10.5. The molecular weight excluding hydrogens is 253 g/mol. The molecule has 0 radical (unpaired) electrons. The maximum atomic E-state index is 12.9. The van der Waals surface area contributed by atoms with Gasteiger partial charge in [0.1, 0.15) is 11.5 Å². The van der Waals surface area contributed by atoms with Crippen LogP contribution in [0.5, 0.6) is 11.5 Å². The van der Waals surface area contributed by atoms with Gasteiger partial charge >= 0.3 is 6.18 Å². The van der Waals surface area contributed by atoms with Gasteiger partial charge in [0, 0.05) is 0 Å². The lowest BCUT2D eigenvalue weighted by Crippen LogP contribution is -2.07. The van der Waals surface area contributed by atoms with Gasteiger partial charge in [0.2, 0.25) is 0 Å². The molecule has 1 nitrogen and oxygen atoms in total. The molecule has 0 aromatic heterocycles. The summed E-state index contributed by atoms with van der Waals surface area (Å²) in [4.78, 5) is 0. The molecule has 2 aromatic rings. The normalized spacial score (nSPS) is 11.4. The van der Waals surface area contributed by atoms with Crippen molar-refractivity contribution in [1.82, 2.24) is 0 Å². The highest BCUT2D eigenvalue weighted by Crippen LogP contribution is 2.38. The zero-order chi connectivity index (χ0) is 14.0. The second kappa shape index (κ2) is 4.96. The number of ether oxygens (including phenoxy) is 1. The molecule has 0 amide bonds. The van der Waals surface area contributed by atoms with Crippen LogP contribution in [-0.2, 0) is 6.18 Å². The third-order valence-corrected chi connectivity index (χ3v) is 2.97. The van der Waals surface area contributed by atoms with E-state index in [1.165, 1.54) is 18.2 Å². The van der Waals surface area contributed by atoms with E-state index >= 15 is 0 Å². The fourth-order valence-corrected chi connectivity index (χ4v) is 1.74. The van der Waals surface area contributed by atoms with E-state index in [0.29, 0.717) is 5.75 Å². The van der Waals surface area contributed by atoms with Crippen molar-refractivity contribution in [2.75, 3.05) is 0 Å². The number of rotatable bonds is 2. The number of alkyl halides is 3. The van der Waals surface area contributed by atoms with Crippen LogP contribution < -0.4 is 4.74 Å². The molecule has 0 atom stereocenters. The van der Waals surface area contributed by atoms with E-state index in [2.05, 4.69) is 0 Å². The Bertz CT molecular complexity index is 588. The lowest BCUT2D eigenvalue weighted by molar-refractivity contribution is -0.138. The summed E-state index contributed by atoms with van der Waals surface area (Å²) in [6.07, 6.45) is -4.42. The quantitative estimate of drug-likeness (QED) is 0.733. The fraction of sp³-hybridized carbons (Fsp3) is 0.200. The van der Waals surface area contributed by atoms with Gasteiger partial charge in [-0.05, 0) is 43.2 Å². The second-order valence-corrected chi connectivity index (χ2v) is 4.29. The first-order valence-electron chi connectivity index (χ1n) is 5.80. The predicted molar refractivity (Wildman–Crippen MR) is 67.4 cm³/mol. The largest absolute Gasteiger partial charge is 0.456 e. The Morgan fingerprint density at radius 2 is 1.47 bits per heavy atom. The molecule has 0 aliphatic rings. The zero-order valence-electron chi connectivity index (χ0n) is 10.6. The number of hydrogen-bond acceptors (Lipinski definition) is 1. The maximum Gasteiger partial charge on any atom is 0.419 e. The molecule has 19 heavy (non-hydrogen) atoms. The Kier molecular flexibility index (Phi) is 3.51. The van der Waals surface area contributed by atoms with Gasteiger partial charge in [0.25, 0.3) is 0 Å². The van der Waals surface area contributed by atoms with Crippen LogP contribution in [0.2, 0.25) is 0 Å².